The minimum Gasteiger partial charge on any atom is -0.493 e. The first-order chi connectivity index (χ1) is 16.1. The normalized spacial score (nSPS) is 15.0. The number of carbonyl (C=O) groups is 2. The van der Waals surface area contributed by atoms with E-state index in [1.807, 2.05) is 48.5 Å². The van der Waals surface area contributed by atoms with Gasteiger partial charge in [-0.3, -0.25) is 14.5 Å². The molecule has 1 saturated heterocycles. The molecule has 1 heterocycles. The first kappa shape index (κ1) is 23.2. The number of rotatable bonds is 9. The molecule has 2 amide bonds. The molecule has 1 aliphatic heterocycles. The molecule has 3 aromatic rings. The number of imide groups is 1. The highest BCUT2D eigenvalue weighted by Crippen LogP contribution is 2.37. The van der Waals surface area contributed by atoms with Crippen LogP contribution in [0.5, 0.6) is 11.5 Å². The fraction of sp³-hybridized carbons (Fsp3) is 0.231. The van der Waals surface area contributed by atoms with Crippen LogP contribution in [0.2, 0.25) is 5.02 Å². The van der Waals surface area contributed by atoms with Gasteiger partial charge in [-0.15, -0.1) is 0 Å². The summed E-state index contributed by atoms with van der Waals surface area (Å²) in [7, 11) is 0. The van der Waals surface area contributed by atoms with Crippen LogP contribution in [0.4, 0.5) is 4.79 Å². The zero-order valence-corrected chi connectivity index (χ0v) is 19.8. The average Bonchev–Trinajstić information content (AvgIpc) is 3.09. The summed E-state index contributed by atoms with van der Waals surface area (Å²) in [6.45, 7) is 3.00. The van der Waals surface area contributed by atoms with Gasteiger partial charge in [0.05, 0.1) is 23.1 Å². The van der Waals surface area contributed by atoms with E-state index in [0.29, 0.717) is 28.0 Å². The third-order valence-corrected chi connectivity index (χ3v) is 6.46. The molecular weight excluding hydrogens is 458 g/mol. The van der Waals surface area contributed by atoms with Crippen molar-refractivity contribution in [3.05, 3.63) is 76.2 Å². The van der Waals surface area contributed by atoms with E-state index in [2.05, 4.69) is 6.92 Å². The Balaban J connectivity index is 1.55. The Hall–Kier alpha value is -2.96. The second-order valence-corrected chi connectivity index (χ2v) is 8.91. The molecule has 1 fully saturated rings. The predicted molar refractivity (Wildman–Crippen MR) is 134 cm³/mol. The number of halogens is 1. The third-order valence-electron chi connectivity index (χ3n) is 5.24. The Morgan fingerprint density at radius 1 is 0.939 bits per heavy atom. The summed E-state index contributed by atoms with van der Waals surface area (Å²) < 4.78 is 11.7. The lowest BCUT2D eigenvalue weighted by atomic mass is 10.0. The Morgan fingerprint density at radius 3 is 2.52 bits per heavy atom. The van der Waals surface area contributed by atoms with E-state index in [9.17, 15) is 9.59 Å². The first-order valence-electron chi connectivity index (χ1n) is 10.9. The Kier molecular flexibility index (Phi) is 7.57. The number of fused-ring (bicyclic) bond motifs is 1. The molecule has 0 bridgehead atoms. The number of thioether (sulfide) groups is 1. The van der Waals surface area contributed by atoms with Crippen molar-refractivity contribution in [1.82, 2.24) is 4.90 Å². The molecule has 0 aromatic heterocycles. The number of hydrogen-bond donors (Lipinski definition) is 0. The lowest BCUT2D eigenvalue weighted by Crippen LogP contribution is -2.32. The SMILES string of the molecule is CCCCOc1ccc2ccccc2c1/C=C1\SC(=O)N(CCOc2ccccc2Cl)C1=O. The summed E-state index contributed by atoms with van der Waals surface area (Å²) >= 11 is 7.03. The first-order valence-corrected chi connectivity index (χ1v) is 12.0. The van der Waals surface area contributed by atoms with Gasteiger partial charge in [-0.25, -0.2) is 0 Å². The molecule has 0 radical (unpaired) electrons. The maximum absolute atomic E-state index is 13.0. The van der Waals surface area contributed by atoms with E-state index in [0.717, 1.165) is 40.9 Å². The minimum atomic E-state index is -0.333. The predicted octanol–water partition coefficient (Wildman–Crippen LogP) is 6.79. The Labute approximate surface area is 202 Å². The molecule has 3 aromatic carbocycles. The van der Waals surface area contributed by atoms with E-state index in [4.69, 9.17) is 21.1 Å². The van der Waals surface area contributed by atoms with Gasteiger partial charge in [0.1, 0.15) is 18.1 Å². The van der Waals surface area contributed by atoms with Crippen LogP contribution in [-0.4, -0.2) is 35.8 Å². The molecule has 7 heteroatoms. The van der Waals surface area contributed by atoms with Gasteiger partial charge in [0.2, 0.25) is 0 Å². The van der Waals surface area contributed by atoms with Crippen LogP contribution < -0.4 is 9.47 Å². The number of nitrogens with zero attached hydrogens (tertiary/aromatic N) is 1. The van der Waals surface area contributed by atoms with Crippen molar-refractivity contribution in [2.75, 3.05) is 19.8 Å². The van der Waals surface area contributed by atoms with Gasteiger partial charge >= 0.3 is 0 Å². The number of amides is 2. The molecule has 0 saturated carbocycles. The van der Waals surface area contributed by atoms with Crippen LogP contribution in [0.3, 0.4) is 0 Å². The number of para-hydroxylation sites is 1. The van der Waals surface area contributed by atoms with Crippen LogP contribution in [0, 0.1) is 0 Å². The summed E-state index contributed by atoms with van der Waals surface area (Å²) in [6, 6.07) is 19.0. The number of unbranched alkanes of at least 4 members (excludes halogenated alkanes) is 1. The standard InChI is InChI=1S/C26H24ClNO4S/c1-2-3-15-31-22-13-12-18-8-4-5-9-19(18)20(22)17-24-25(29)28(26(30)33-24)14-16-32-23-11-7-6-10-21(23)27/h4-13,17H,2-3,14-16H2,1H3/b24-17-. The molecule has 33 heavy (non-hydrogen) atoms. The average molecular weight is 482 g/mol. The summed E-state index contributed by atoms with van der Waals surface area (Å²) in [4.78, 5) is 27.2. The highest BCUT2D eigenvalue weighted by atomic mass is 35.5. The zero-order valence-electron chi connectivity index (χ0n) is 18.3. The van der Waals surface area contributed by atoms with Crippen LogP contribution in [0.25, 0.3) is 16.8 Å². The smallest absolute Gasteiger partial charge is 0.293 e. The molecule has 170 valence electrons. The molecular formula is C26H24ClNO4S. The van der Waals surface area contributed by atoms with E-state index < -0.39 is 0 Å². The number of carbonyl (C=O) groups excluding carboxylic acids is 2. The molecule has 0 unspecified atom stereocenters. The van der Waals surface area contributed by atoms with E-state index >= 15 is 0 Å². The lowest BCUT2D eigenvalue weighted by Gasteiger charge is -2.14. The van der Waals surface area contributed by atoms with Gasteiger partial charge in [-0.2, -0.15) is 0 Å². The molecule has 0 spiro atoms. The summed E-state index contributed by atoms with van der Waals surface area (Å²) in [5.74, 6) is 0.891. The number of hydrogen-bond acceptors (Lipinski definition) is 5. The molecule has 0 atom stereocenters. The van der Waals surface area contributed by atoms with Crippen molar-refractivity contribution in [3.8, 4) is 11.5 Å². The quantitative estimate of drug-likeness (QED) is 0.249. The van der Waals surface area contributed by atoms with Gasteiger partial charge in [-0.05, 0) is 53.2 Å². The van der Waals surface area contributed by atoms with Crippen molar-refractivity contribution in [3.63, 3.8) is 0 Å². The summed E-state index contributed by atoms with van der Waals surface area (Å²) in [6.07, 6.45) is 3.73. The van der Waals surface area contributed by atoms with Gasteiger partial charge in [0.15, 0.2) is 0 Å². The summed E-state index contributed by atoms with van der Waals surface area (Å²) in [5.41, 5.74) is 0.807. The molecule has 1 aliphatic rings. The van der Waals surface area contributed by atoms with Crippen LogP contribution in [0.1, 0.15) is 25.3 Å². The van der Waals surface area contributed by atoms with Gasteiger partial charge in [0.25, 0.3) is 11.1 Å². The van der Waals surface area contributed by atoms with E-state index in [-0.39, 0.29) is 24.3 Å². The highest BCUT2D eigenvalue weighted by Gasteiger charge is 2.35. The number of ether oxygens (including phenoxy) is 2. The van der Waals surface area contributed by atoms with Gasteiger partial charge < -0.3 is 9.47 Å². The molecule has 0 aliphatic carbocycles. The summed E-state index contributed by atoms with van der Waals surface area (Å²) in [5, 5.41) is 2.18. The van der Waals surface area contributed by atoms with E-state index in [1.54, 1.807) is 18.2 Å². The molecule has 5 nitrogen and oxygen atoms in total. The molecule has 0 N–H and O–H groups in total. The Morgan fingerprint density at radius 2 is 1.70 bits per heavy atom. The highest BCUT2D eigenvalue weighted by molar-refractivity contribution is 8.18. The minimum absolute atomic E-state index is 0.141. The maximum Gasteiger partial charge on any atom is 0.293 e. The van der Waals surface area contributed by atoms with Gasteiger partial charge in [0, 0.05) is 5.56 Å². The van der Waals surface area contributed by atoms with Crippen LogP contribution in [0.15, 0.2) is 65.6 Å². The topological polar surface area (TPSA) is 55.8 Å². The van der Waals surface area contributed by atoms with Crippen molar-refractivity contribution >= 4 is 51.4 Å². The second-order valence-electron chi connectivity index (χ2n) is 7.51. The van der Waals surface area contributed by atoms with Crippen LogP contribution in [-0.2, 0) is 4.79 Å². The van der Waals surface area contributed by atoms with Crippen molar-refractivity contribution < 1.29 is 19.1 Å². The zero-order chi connectivity index (χ0) is 23.2. The largest absolute Gasteiger partial charge is 0.493 e. The van der Waals surface area contributed by atoms with Crippen LogP contribution >= 0.6 is 23.4 Å². The molecule has 4 rings (SSSR count). The van der Waals surface area contributed by atoms with E-state index in [1.165, 1.54) is 4.90 Å². The number of benzene rings is 3. The fourth-order valence-corrected chi connectivity index (χ4v) is 4.55. The monoisotopic (exact) mass is 481 g/mol. The van der Waals surface area contributed by atoms with Crippen molar-refractivity contribution in [1.29, 1.82) is 0 Å². The van der Waals surface area contributed by atoms with Crippen molar-refractivity contribution in [2.24, 2.45) is 0 Å². The van der Waals surface area contributed by atoms with Crippen molar-refractivity contribution in [2.45, 2.75) is 19.8 Å². The maximum atomic E-state index is 13.0. The lowest BCUT2D eigenvalue weighted by molar-refractivity contribution is -0.123. The Bertz CT molecular complexity index is 1210. The second kappa shape index (κ2) is 10.8. The van der Waals surface area contributed by atoms with Gasteiger partial charge in [-0.1, -0.05) is 67.4 Å². The fourth-order valence-electron chi connectivity index (χ4n) is 3.51. The third kappa shape index (κ3) is 5.34.